The van der Waals surface area contributed by atoms with Gasteiger partial charge in [0.1, 0.15) is 5.70 Å². The van der Waals surface area contributed by atoms with Crippen molar-refractivity contribution in [3.05, 3.63) is 58.9 Å². The van der Waals surface area contributed by atoms with Crippen LogP contribution in [-0.4, -0.2) is 38.9 Å². The molecule has 0 aromatic rings. The van der Waals surface area contributed by atoms with E-state index in [1.54, 1.807) is 12.6 Å². The minimum atomic E-state index is 0.281. The number of quaternary nitrogens is 1. The zero-order valence-electron chi connectivity index (χ0n) is 17.6. The number of nitrogens with zero attached hydrogens (tertiary/aromatic N) is 2. The van der Waals surface area contributed by atoms with Crippen LogP contribution >= 0.6 is 0 Å². The zero-order valence-corrected chi connectivity index (χ0v) is 17.6. The predicted octanol–water partition coefficient (Wildman–Crippen LogP) is 5.86. The highest BCUT2D eigenvalue weighted by atomic mass is 15.3. The molecule has 0 aromatic carbocycles. The molecule has 1 aliphatic rings. The Labute approximate surface area is 155 Å². The topological polar surface area (TPSA) is 12.4 Å². The number of likely N-dealkylation sites (N-methyl/N-ethyl adjacent to an activating group) is 1. The fraction of sp³-hybridized carbons (Fsp3) is 0.522. The van der Waals surface area contributed by atoms with E-state index in [1.807, 2.05) is 12.3 Å². The highest BCUT2D eigenvalue weighted by Gasteiger charge is 2.27. The Bertz CT molecular complexity index is 629. The maximum Gasteiger partial charge on any atom is 0.132 e. The van der Waals surface area contributed by atoms with Crippen molar-refractivity contribution in [1.82, 2.24) is 0 Å². The number of aliphatic imine (C=N–C) groups is 1. The van der Waals surface area contributed by atoms with Crippen LogP contribution in [0.25, 0.3) is 0 Å². The molecule has 0 aliphatic heterocycles. The third-order valence-corrected chi connectivity index (χ3v) is 4.85. The lowest BCUT2D eigenvalue weighted by Gasteiger charge is -2.33. The van der Waals surface area contributed by atoms with Gasteiger partial charge in [-0.1, -0.05) is 37.6 Å². The Morgan fingerprint density at radius 2 is 1.80 bits per heavy atom. The fourth-order valence-electron chi connectivity index (χ4n) is 3.23. The third kappa shape index (κ3) is 6.99. The third-order valence-electron chi connectivity index (χ3n) is 4.85. The van der Waals surface area contributed by atoms with Gasteiger partial charge in [0, 0.05) is 13.3 Å². The van der Waals surface area contributed by atoms with Gasteiger partial charge in [0.15, 0.2) is 0 Å². The van der Waals surface area contributed by atoms with Gasteiger partial charge in [-0.3, -0.25) is 9.48 Å². The first kappa shape index (κ1) is 21.4. The SMILES string of the molecule is CN=C/C=C(C)/C=C/C=C(/C=C/C1=C(C)CCCC1(C)C)[N+](C)(C)C. The van der Waals surface area contributed by atoms with Crippen molar-refractivity contribution in [3.8, 4) is 0 Å². The smallest absolute Gasteiger partial charge is 0.132 e. The van der Waals surface area contributed by atoms with Gasteiger partial charge in [-0.05, 0) is 67.9 Å². The summed E-state index contributed by atoms with van der Waals surface area (Å²) in [5.74, 6) is 0. The first-order chi connectivity index (χ1) is 11.6. The number of allylic oxidation sites excluding steroid dienone is 9. The minimum Gasteiger partial charge on any atom is -0.298 e. The Morgan fingerprint density at radius 1 is 1.12 bits per heavy atom. The monoisotopic (exact) mass is 341 g/mol. The summed E-state index contributed by atoms with van der Waals surface area (Å²) in [6.07, 6.45) is 18.8. The average molecular weight is 342 g/mol. The molecule has 0 amide bonds. The van der Waals surface area contributed by atoms with E-state index >= 15 is 0 Å². The maximum absolute atomic E-state index is 3.99. The molecule has 0 N–H and O–H groups in total. The van der Waals surface area contributed by atoms with Crippen molar-refractivity contribution in [2.75, 3.05) is 28.2 Å². The molecule has 0 radical (unpaired) electrons. The molecule has 2 nitrogen and oxygen atoms in total. The molecule has 0 fully saturated rings. The van der Waals surface area contributed by atoms with Gasteiger partial charge in [0.2, 0.25) is 0 Å². The molecule has 0 bridgehead atoms. The van der Waals surface area contributed by atoms with Crippen molar-refractivity contribution in [3.63, 3.8) is 0 Å². The van der Waals surface area contributed by atoms with Gasteiger partial charge in [0.05, 0.1) is 21.1 Å². The molecular weight excluding hydrogens is 304 g/mol. The van der Waals surface area contributed by atoms with Gasteiger partial charge in [-0.15, -0.1) is 0 Å². The van der Waals surface area contributed by atoms with E-state index < -0.39 is 0 Å². The van der Waals surface area contributed by atoms with Gasteiger partial charge < -0.3 is 0 Å². The molecule has 2 heteroatoms. The lowest BCUT2D eigenvalue weighted by molar-refractivity contribution is -0.828. The summed E-state index contributed by atoms with van der Waals surface area (Å²) in [7, 11) is 8.42. The molecule has 0 atom stereocenters. The molecule has 0 heterocycles. The fourth-order valence-corrected chi connectivity index (χ4v) is 3.23. The van der Waals surface area contributed by atoms with Crippen LogP contribution in [0.15, 0.2) is 63.9 Å². The summed E-state index contributed by atoms with van der Waals surface area (Å²) in [6, 6.07) is 0. The molecule has 138 valence electrons. The standard InChI is InChI=1S/C23H37N2/c1-19(16-18-24-5)11-9-13-21(25(6,7)8)14-15-22-20(2)12-10-17-23(22,3)4/h9,11,13-16,18H,10,12,17H2,1-8H3/q+1/b11-9+,15-14+,19-16+,21-13-,24-18?. The van der Waals surface area contributed by atoms with Crippen LogP contribution in [-0.2, 0) is 0 Å². The second-order valence-electron chi connectivity index (χ2n) is 8.55. The Kier molecular flexibility index (Phi) is 7.82. The molecule has 0 spiro atoms. The molecule has 0 saturated heterocycles. The average Bonchev–Trinajstić information content (AvgIpc) is 2.48. The van der Waals surface area contributed by atoms with Crippen LogP contribution in [0.2, 0.25) is 0 Å². The molecule has 1 aliphatic carbocycles. The van der Waals surface area contributed by atoms with Crippen LogP contribution in [0.5, 0.6) is 0 Å². The van der Waals surface area contributed by atoms with Crippen molar-refractivity contribution >= 4 is 6.21 Å². The summed E-state index contributed by atoms with van der Waals surface area (Å²) in [6.45, 7) is 9.12. The summed E-state index contributed by atoms with van der Waals surface area (Å²) in [5, 5.41) is 0. The van der Waals surface area contributed by atoms with Crippen LogP contribution in [0.3, 0.4) is 0 Å². The lowest BCUT2D eigenvalue weighted by atomic mass is 9.72. The van der Waals surface area contributed by atoms with Gasteiger partial charge >= 0.3 is 0 Å². The molecular formula is C23H37N2+. The van der Waals surface area contributed by atoms with E-state index in [0.717, 1.165) is 4.48 Å². The zero-order chi connectivity index (χ0) is 19.1. The largest absolute Gasteiger partial charge is 0.298 e. The van der Waals surface area contributed by atoms with E-state index in [-0.39, 0.29) is 5.41 Å². The van der Waals surface area contributed by atoms with Crippen molar-refractivity contribution < 1.29 is 4.48 Å². The Balaban J connectivity index is 3.09. The number of hydrogen-bond acceptors (Lipinski definition) is 1. The summed E-state index contributed by atoms with van der Waals surface area (Å²) < 4.78 is 0.798. The summed E-state index contributed by atoms with van der Waals surface area (Å²) in [4.78, 5) is 3.99. The normalized spacial score (nSPS) is 20.5. The predicted molar refractivity (Wildman–Crippen MR) is 113 cm³/mol. The Hall–Kier alpha value is -1.67. The molecule has 1 rings (SSSR count). The molecule has 25 heavy (non-hydrogen) atoms. The molecule has 0 saturated carbocycles. The minimum absolute atomic E-state index is 0.281. The van der Waals surface area contributed by atoms with Gasteiger partial charge in [0.25, 0.3) is 0 Å². The molecule has 0 unspecified atom stereocenters. The van der Waals surface area contributed by atoms with E-state index in [4.69, 9.17) is 0 Å². The van der Waals surface area contributed by atoms with Crippen LogP contribution in [0.4, 0.5) is 0 Å². The van der Waals surface area contributed by atoms with Crippen LogP contribution in [0, 0.1) is 5.41 Å². The number of rotatable bonds is 6. The van der Waals surface area contributed by atoms with E-state index in [9.17, 15) is 0 Å². The van der Waals surface area contributed by atoms with E-state index in [0.29, 0.717) is 0 Å². The second kappa shape index (κ2) is 9.15. The quantitative estimate of drug-likeness (QED) is 0.326. The van der Waals surface area contributed by atoms with Crippen molar-refractivity contribution in [1.29, 1.82) is 0 Å². The first-order valence-corrected chi connectivity index (χ1v) is 9.25. The van der Waals surface area contributed by atoms with Gasteiger partial charge in [-0.2, -0.15) is 0 Å². The maximum atomic E-state index is 3.99. The van der Waals surface area contributed by atoms with E-state index in [1.165, 1.54) is 36.1 Å². The highest BCUT2D eigenvalue weighted by Crippen LogP contribution is 2.40. The van der Waals surface area contributed by atoms with Crippen LogP contribution in [0.1, 0.15) is 47.0 Å². The van der Waals surface area contributed by atoms with Gasteiger partial charge in [-0.25, -0.2) is 0 Å². The summed E-state index contributed by atoms with van der Waals surface area (Å²) >= 11 is 0. The summed E-state index contributed by atoms with van der Waals surface area (Å²) in [5.41, 5.74) is 5.82. The molecule has 0 aromatic heterocycles. The second-order valence-corrected chi connectivity index (χ2v) is 8.55. The van der Waals surface area contributed by atoms with E-state index in [2.05, 4.69) is 84.2 Å². The van der Waals surface area contributed by atoms with Crippen molar-refractivity contribution in [2.45, 2.75) is 47.0 Å². The first-order valence-electron chi connectivity index (χ1n) is 9.25. The van der Waals surface area contributed by atoms with Crippen LogP contribution < -0.4 is 0 Å². The van der Waals surface area contributed by atoms with Crippen molar-refractivity contribution in [2.24, 2.45) is 10.4 Å². The lowest BCUT2D eigenvalue weighted by Crippen LogP contribution is -2.32. The number of hydrogen-bond donors (Lipinski definition) is 0. The Morgan fingerprint density at radius 3 is 2.36 bits per heavy atom. The highest BCUT2D eigenvalue weighted by molar-refractivity contribution is 5.72.